The Morgan fingerprint density at radius 2 is 1.94 bits per heavy atom. The van der Waals surface area contributed by atoms with Gasteiger partial charge in [-0.1, -0.05) is 23.8 Å². The van der Waals surface area contributed by atoms with Crippen LogP contribution in [0.4, 0.5) is 10.1 Å². The zero-order valence-electron chi connectivity index (χ0n) is 18.7. The molecule has 0 spiro atoms. The first-order valence-electron chi connectivity index (χ1n) is 10.9. The third kappa shape index (κ3) is 4.29. The van der Waals surface area contributed by atoms with E-state index in [-0.39, 0.29) is 17.6 Å². The highest BCUT2D eigenvalue weighted by Gasteiger charge is 2.27. The predicted octanol–water partition coefficient (Wildman–Crippen LogP) is 4.70. The first kappa shape index (κ1) is 21.8. The van der Waals surface area contributed by atoms with Crippen LogP contribution in [0.3, 0.4) is 0 Å². The van der Waals surface area contributed by atoms with Crippen LogP contribution in [0, 0.1) is 43.8 Å². The van der Waals surface area contributed by atoms with Crippen LogP contribution in [-0.4, -0.2) is 24.0 Å². The molecule has 0 bridgehead atoms. The fourth-order valence-corrected chi connectivity index (χ4v) is 4.51. The van der Waals surface area contributed by atoms with Gasteiger partial charge in [-0.05, 0) is 62.4 Å². The molecule has 1 fully saturated rings. The van der Waals surface area contributed by atoms with Gasteiger partial charge in [-0.15, -0.1) is 0 Å². The number of carbonyl (C=O) groups excluding carboxylic acids is 1. The van der Waals surface area contributed by atoms with Gasteiger partial charge in [-0.2, -0.15) is 5.26 Å². The molecule has 1 aliphatic heterocycles. The largest absolute Gasteiger partial charge is 0.370 e. The Labute approximate surface area is 187 Å². The van der Waals surface area contributed by atoms with Crippen LogP contribution in [0.2, 0.25) is 0 Å². The smallest absolute Gasteiger partial charge is 0.223 e. The molecule has 2 heterocycles. The maximum absolute atomic E-state index is 13.7. The van der Waals surface area contributed by atoms with Gasteiger partial charge in [0, 0.05) is 37.1 Å². The second-order valence-corrected chi connectivity index (χ2v) is 8.67. The molecular weight excluding hydrogens is 403 g/mol. The molecule has 0 saturated carbocycles. The number of rotatable bonds is 4. The average Bonchev–Trinajstić information content (AvgIpc) is 2.79. The summed E-state index contributed by atoms with van der Waals surface area (Å²) >= 11 is 0. The minimum Gasteiger partial charge on any atom is -0.370 e. The molecule has 1 N–H and O–H groups in total. The molecular formula is C26H27FN4O. The number of nitrogens with one attached hydrogen (secondary N) is 1. The van der Waals surface area contributed by atoms with Crippen molar-refractivity contribution in [2.24, 2.45) is 5.92 Å². The maximum Gasteiger partial charge on any atom is 0.223 e. The molecule has 6 heteroatoms. The summed E-state index contributed by atoms with van der Waals surface area (Å²) in [4.78, 5) is 19.4. The van der Waals surface area contributed by atoms with Crippen molar-refractivity contribution in [1.82, 2.24) is 10.3 Å². The van der Waals surface area contributed by atoms with E-state index in [0.717, 1.165) is 33.3 Å². The highest BCUT2D eigenvalue weighted by Crippen LogP contribution is 2.34. The van der Waals surface area contributed by atoms with E-state index in [4.69, 9.17) is 0 Å². The number of amides is 1. The van der Waals surface area contributed by atoms with Crippen molar-refractivity contribution in [2.45, 2.75) is 40.2 Å². The van der Waals surface area contributed by atoms with E-state index in [2.05, 4.69) is 33.4 Å². The lowest BCUT2D eigenvalue weighted by Crippen LogP contribution is -2.40. The summed E-state index contributed by atoms with van der Waals surface area (Å²) in [6.07, 6.45) is 3.06. The zero-order valence-corrected chi connectivity index (χ0v) is 18.7. The number of halogens is 1. The number of hydrogen-bond acceptors (Lipinski definition) is 4. The van der Waals surface area contributed by atoms with E-state index in [1.54, 1.807) is 19.2 Å². The Balaban J connectivity index is 1.47. The Hall–Kier alpha value is -3.46. The standard InChI is InChI=1S/C26H27FN4O/c1-16-10-18(3)24-22(11-16)25(21(13-28)15-29-24)31-8-6-20(7-9-31)26(32)30-14-19-5-4-17(2)23(27)12-19/h4-5,10-12,15,20H,6-9,14H2,1-3H3,(H,30,32). The third-order valence-corrected chi connectivity index (χ3v) is 6.28. The van der Waals surface area contributed by atoms with Gasteiger partial charge in [0.25, 0.3) is 0 Å². The minimum atomic E-state index is -0.256. The lowest BCUT2D eigenvalue weighted by molar-refractivity contribution is -0.125. The highest BCUT2D eigenvalue weighted by atomic mass is 19.1. The normalized spacial score (nSPS) is 14.4. The number of nitrogens with zero attached hydrogens (tertiary/aromatic N) is 3. The van der Waals surface area contributed by atoms with Gasteiger partial charge < -0.3 is 10.2 Å². The van der Waals surface area contributed by atoms with Gasteiger partial charge in [-0.25, -0.2) is 4.39 Å². The summed E-state index contributed by atoms with van der Waals surface area (Å²) in [6.45, 7) is 7.51. The zero-order chi connectivity index (χ0) is 22.8. The Bertz CT molecular complexity index is 1220. The van der Waals surface area contributed by atoms with E-state index < -0.39 is 0 Å². The van der Waals surface area contributed by atoms with Crippen molar-refractivity contribution < 1.29 is 9.18 Å². The molecule has 5 nitrogen and oxygen atoms in total. The second-order valence-electron chi connectivity index (χ2n) is 8.67. The number of benzene rings is 2. The van der Waals surface area contributed by atoms with Crippen LogP contribution in [0.1, 0.15) is 40.7 Å². The quantitative estimate of drug-likeness (QED) is 0.651. The molecule has 0 aliphatic carbocycles. The molecule has 3 aromatic rings. The van der Waals surface area contributed by atoms with E-state index in [9.17, 15) is 14.4 Å². The summed E-state index contributed by atoms with van der Waals surface area (Å²) in [6, 6.07) is 11.5. The summed E-state index contributed by atoms with van der Waals surface area (Å²) in [5.74, 6) is -0.352. The first-order chi connectivity index (χ1) is 15.4. The van der Waals surface area contributed by atoms with Crippen LogP contribution < -0.4 is 10.2 Å². The summed E-state index contributed by atoms with van der Waals surface area (Å²) in [5.41, 5.74) is 5.96. The summed E-state index contributed by atoms with van der Waals surface area (Å²) in [7, 11) is 0. The number of piperidine rings is 1. The first-order valence-corrected chi connectivity index (χ1v) is 10.9. The van der Waals surface area contributed by atoms with Gasteiger partial charge in [0.15, 0.2) is 0 Å². The van der Waals surface area contributed by atoms with Crippen LogP contribution in [-0.2, 0) is 11.3 Å². The van der Waals surface area contributed by atoms with Crippen molar-refractivity contribution >= 4 is 22.5 Å². The maximum atomic E-state index is 13.7. The number of pyridine rings is 1. The van der Waals surface area contributed by atoms with E-state index in [1.807, 2.05) is 19.9 Å². The highest BCUT2D eigenvalue weighted by molar-refractivity contribution is 5.96. The van der Waals surface area contributed by atoms with Crippen LogP contribution in [0.5, 0.6) is 0 Å². The molecule has 1 saturated heterocycles. The van der Waals surface area contributed by atoms with Crippen molar-refractivity contribution in [2.75, 3.05) is 18.0 Å². The lowest BCUT2D eigenvalue weighted by atomic mass is 9.94. The fraction of sp³-hybridized carbons (Fsp3) is 0.346. The number of hydrogen-bond donors (Lipinski definition) is 1. The van der Waals surface area contributed by atoms with Crippen molar-refractivity contribution in [1.29, 1.82) is 5.26 Å². The molecule has 0 atom stereocenters. The third-order valence-electron chi connectivity index (χ3n) is 6.28. The van der Waals surface area contributed by atoms with E-state index >= 15 is 0 Å². The molecule has 1 amide bonds. The number of fused-ring (bicyclic) bond motifs is 1. The molecule has 32 heavy (non-hydrogen) atoms. The monoisotopic (exact) mass is 430 g/mol. The predicted molar refractivity (Wildman–Crippen MR) is 124 cm³/mol. The molecule has 164 valence electrons. The average molecular weight is 431 g/mol. The second kappa shape index (κ2) is 8.96. The summed E-state index contributed by atoms with van der Waals surface area (Å²) < 4.78 is 13.7. The van der Waals surface area contributed by atoms with Crippen LogP contribution in [0.15, 0.2) is 36.5 Å². The molecule has 1 aromatic heterocycles. The number of nitriles is 1. The van der Waals surface area contributed by atoms with E-state index in [0.29, 0.717) is 43.6 Å². The van der Waals surface area contributed by atoms with Crippen molar-refractivity contribution in [3.05, 3.63) is 70.2 Å². The Kier molecular flexibility index (Phi) is 6.09. The van der Waals surface area contributed by atoms with Crippen molar-refractivity contribution in [3.63, 3.8) is 0 Å². The van der Waals surface area contributed by atoms with Gasteiger partial charge in [0.2, 0.25) is 5.91 Å². The molecule has 0 radical (unpaired) electrons. The van der Waals surface area contributed by atoms with Crippen LogP contribution >= 0.6 is 0 Å². The topological polar surface area (TPSA) is 69.0 Å². The van der Waals surface area contributed by atoms with Crippen LogP contribution in [0.25, 0.3) is 10.9 Å². The molecule has 1 aliphatic rings. The Morgan fingerprint density at radius 3 is 2.62 bits per heavy atom. The van der Waals surface area contributed by atoms with Gasteiger partial charge in [0.05, 0.1) is 16.8 Å². The lowest BCUT2D eigenvalue weighted by Gasteiger charge is -2.34. The van der Waals surface area contributed by atoms with Gasteiger partial charge in [0.1, 0.15) is 11.9 Å². The SMILES string of the molecule is Cc1cc(C)c2ncc(C#N)c(N3CCC(C(=O)NCc4ccc(C)c(F)c4)CC3)c2c1. The molecule has 2 aromatic carbocycles. The Morgan fingerprint density at radius 1 is 1.19 bits per heavy atom. The number of anilines is 1. The molecule has 4 rings (SSSR count). The van der Waals surface area contributed by atoms with Gasteiger partial charge >= 0.3 is 0 Å². The number of carbonyl (C=O) groups is 1. The number of aryl methyl sites for hydroxylation is 3. The minimum absolute atomic E-state index is 0.00239. The van der Waals surface area contributed by atoms with Crippen molar-refractivity contribution in [3.8, 4) is 6.07 Å². The van der Waals surface area contributed by atoms with E-state index in [1.165, 1.54) is 6.07 Å². The summed E-state index contributed by atoms with van der Waals surface area (Å²) in [5, 5.41) is 13.6. The van der Waals surface area contributed by atoms with Gasteiger partial charge in [-0.3, -0.25) is 9.78 Å². The molecule has 0 unspecified atom stereocenters. The fourth-order valence-electron chi connectivity index (χ4n) is 4.51. The number of aromatic nitrogens is 1.